The van der Waals surface area contributed by atoms with Gasteiger partial charge in [0.1, 0.15) is 0 Å². The van der Waals surface area contributed by atoms with Crippen LogP contribution < -0.4 is 0 Å². The lowest BCUT2D eigenvalue weighted by molar-refractivity contribution is -0.0833. The van der Waals surface area contributed by atoms with Crippen LogP contribution in [0.2, 0.25) is 0 Å². The van der Waals surface area contributed by atoms with Crippen molar-refractivity contribution < 1.29 is 9.84 Å². The van der Waals surface area contributed by atoms with Crippen LogP contribution in [0.15, 0.2) is 0 Å². The first-order chi connectivity index (χ1) is 8.34. The van der Waals surface area contributed by atoms with E-state index in [1.54, 1.807) is 0 Å². The molecule has 3 aliphatic rings. The molecule has 2 saturated carbocycles. The maximum Gasteiger partial charge on any atom is 0.0954 e. The van der Waals surface area contributed by atoms with Crippen molar-refractivity contribution >= 4 is 0 Å². The van der Waals surface area contributed by atoms with Crippen LogP contribution in [0.5, 0.6) is 0 Å². The Kier molecular flexibility index (Phi) is 2.68. The van der Waals surface area contributed by atoms with Crippen LogP contribution in [0.3, 0.4) is 0 Å². The predicted octanol–water partition coefficient (Wildman–Crippen LogP) is 3.38. The minimum Gasteiger partial charge on any atom is -0.396 e. The molecule has 2 aliphatic carbocycles. The van der Waals surface area contributed by atoms with Crippen molar-refractivity contribution in [3.8, 4) is 0 Å². The average Bonchev–Trinajstić information content (AvgIpc) is 2.92. The van der Waals surface area contributed by atoms with Gasteiger partial charge in [-0.2, -0.15) is 0 Å². The van der Waals surface area contributed by atoms with E-state index in [0.717, 1.165) is 12.3 Å². The summed E-state index contributed by atoms with van der Waals surface area (Å²) in [6.45, 7) is 9.94. The van der Waals surface area contributed by atoms with Crippen molar-refractivity contribution in [2.24, 2.45) is 22.7 Å². The van der Waals surface area contributed by atoms with Crippen LogP contribution in [-0.2, 0) is 4.74 Å². The largest absolute Gasteiger partial charge is 0.396 e. The number of aliphatic hydroxyl groups is 1. The predicted molar refractivity (Wildman–Crippen MR) is 72.3 cm³/mol. The number of fused-ring (bicyclic) bond motifs is 2. The minimum atomic E-state index is 0.0708. The van der Waals surface area contributed by atoms with Crippen molar-refractivity contribution in [2.75, 3.05) is 6.61 Å². The fourth-order valence-corrected chi connectivity index (χ4v) is 5.65. The molecule has 104 valence electrons. The molecule has 0 aromatic rings. The monoisotopic (exact) mass is 252 g/mol. The highest BCUT2D eigenvalue weighted by Crippen LogP contribution is 2.68. The van der Waals surface area contributed by atoms with Gasteiger partial charge in [0.2, 0.25) is 0 Å². The van der Waals surface area contributed by atoms with E-state index in [2.05, 4.69) is 27.7 Å². The molecule has 3 rings (SSSR count). The molecule has 1 saturated heterocycles. The highest BCUT2D eigenvalue weighted by molar-refractivity contribution is 5.17. The summed E-state index contributed by atoms with van der Waals surface area (Å²) in [7, 11) is 0. The zero-order valence-electron chi connectivity index (χ0n) is 12.3. The van der Waals surface area contributed by atoms with Crippen LogP contribution in [-0.4, -0.2) is 23.4 Å². The van der Waals surface area contributed by atoms with Crippen LogP contribution in [0.25, 0.3) is 0 Å². The van der Waals surface area contributed by atoms with E-state index in [1.165, 1.54) is 25.7 Å². The second kappa shape index (κ2) is 3.73. The normalized spacial score (nSPS) is 53.5. The van der Waals surface area contributed by atoms with Crippen LogP contribution in [0.4, 0.5) is 0 Å². The van der Waals surface area contributed by atoms with E-state index in [4.69, 9.17) is 4.74 Å². The van der Waals surface area contributed by atoms with Gasteiger partial charge in [-0.3, -0.25) is 0 Å². The molecule has 18 heavy (non-hydrogen) atoms. The second-order valence-corrected chi connectivity index (χ2v) is 7.99. The summed E-state index contributed by atoms with van der Waals surface area (Å²) in [6, 6.07) is 0. The van der Waals surface area contributed by atoms with E-state index >= 15 is 0 Å². The Morgan fingerprint density at radius 2 is 1.89 bits per heavy atom. The summed E-state index contributed by atoms with van der Waals surface area (Å²) in [5.74, 6) is 1.30. The molecule has 0 spiro atoms. The second-order valence-electron chi connectivity index (χ2n) is 7.99. The maximum absolute atomic E-state index is 9.45. The summed E-state index contributed by atoms with van der Waals surface area (Å²) < 4.78 is 6.07. The molecule has 0 aromatic heterocycles. The Labute approximate surface area is 111 Å². The summed E-state index contributed by atoms with van der Waals surface area (Å²) in [5.41, 5.74) is 0.877. The molecule has 1 N–H and O–H groups in total. The molecule has 3 fully saturated rings. The van der Waals surface area contributed by atoms with Crippen LogP contribution in [0.1, 0.15) is 59.8 Å². The third kappa shape index (κ3) is 1.54. The Morgan fingerprint density at radius 3 is 2.56 bits per heavy atom. The summed E-state index contributed by atoms with van der Waals surface area (Å²) in [6.07, 6.45) is 6.62. The van der Waals surface area contributed by atoms with Gasteiger partial charge in [-0.1, -0.05) is 27.2 Å². The first kappa shape index (κ1) is 12.9. The fourth-order valence-electron chi connectivity index (χ4n) is 5.65. The third-order valence-electron chi connectivity index (χ3n) is 6.61. The lowest BCUT2D eigenvalue weighted by Crippen LogP contribution is -2.54. The number of hydrogen-bond acceptors (Lipinski definition) is 2. The van der Waals surface area contributed by atoms with Gasteiger partial charge in [0.25, 0.3) is 0 Å². The van der Waals surface area contributed by atoms with Gasteiger partial charge in [0.05, 0.1) is 11.7 Å². The van der Waals surface area contributed by atoms with Crippen molar-refractivity contribution in [1.82, 2.24) is 0 Å². The van der Waals surface area contributed by atoms with Crippen LogP contribution >= 0.6 is 0 Å². The van der Waals surface area contributed by atoms with Gasteiger partial charge in [0, 0.05) is 6.61 Å². The van der Waals surface area contributed by atoms with E-state index in [1.807, 2.05) is 0 Å². The molecular weight excluding hydrogens is 224 g/mol. The molecule has 5 atom stereocenters. The van der Waals surface area contributed by atoms with Gasteiger partial charge < -0.3 is 9.84 Å². The van der Waals surface area contributed by atoms with Crippen molar-refractivity contribution in [1.29, 1.82) is 0 Å². The minimum absolute atomic E-state index is 0.0708. The van der Waals surface area contributed by atoms with Gasteiger partial charge in [-0.25, -0.2) is 0 Å². The topological polar surface area (TPSA) is 32.8 Å². The highest BCUT2D eigenvalue weighted by atomic mass is 16.6. The first-order valence-electron chi connectivity index (χ1n) is 7.63. The van der Waals surface area contributed by atoms with Gasteiger partial charge in [-0.15, -0.1) is 0 Å². The fraction of sp³-hybridized carbons (Fsp3) is 1.00. The standard InChI is InChI=1S/C16H28O2/c1-14(2)7-5-8-15(3)11(6-9-17)16(4)13(18-16)10-12(14)15/h11-13,17H,5-10H2,1-4H3/t11-,12+,13-,15-,16+/m1/s1. The molecule has 0 radical (unpaired) electrons. The van der Waals surface area contributed by atoms with E-state index < -0.39 is 0 Å². The number of epoxide rings is 1. The van der Waals surface area contributed by atoms with E-state index in [9.17, 15) is 5.11 Å². The van der Waals surface area contributed by atoms with Crippen molar-refractivity contribution in [2.45, 2.75) is 71.5 Å². The number of hydrogen-bond donors (Lipinski definition) is 1. The smallest absolute Gasteiger partial charge is 0.0954 e. The van der Waals surface area contributed by atoms with E-state index in [-0.39, 0.29) is 5.60 Å². The molecular formula is C16H28O2. The highest BCUT2D eigenvalue weighted by Gasteiger charge is 2.69. The first-order valence-corrected chi connectivity index (χ1v) is 7.63. The quantitative estimate of drug-likeness (QED) is 0.764. The molecule has 2 nitrogen and oxygen atoms in total. The molecule has 0 unspecified atom stereocenters. The number of aliphatic hydroxyl groups excluding tert-OH is 1. The van der Waals surface area contributed by atoms with Crippen LogP contribution in [0, 0.1) is 22.7 Å². The molecule has 0 aromatic carbocycles. The van der Waals surface area contributed by atoms with Gasteiger partial charge >= 0.3 is 0 Å². The Morgan fingerprint density at radius 1 is 1.17 bits per heavy atom. The summed E-state index contributed by atoms with van der Waals surface area (Å²) in [5, 5.41) is 9.45. The molecule has 2 heteroatoms. The summed E-state index contributed by atoms with van der Waals surface area (Å²) in [4.78, 5) is 0. The molecule has 0 amide bonds. The number of ether oxygens (including phenoxy) is 1. The van der Waals surface area contributed by atoms with Crippen molar-refractivity contribution in [3.05, 3.63) is 0 Å². The lowest BCUT2D eigenvalue weighted by Gasteiger charge is -2.57. The Balaban J connectivity index is 1.96. The molecule has 1 heterocycles. The molecule has 0 bridgehead atoms. The van der Waals surface area contributed by atoms with Gasteiger partial charge in [-0.05, 0) is 55.3 Å². The average molecular weight is 252 g/mol. The zero-order valence-corrected chi connectivity index (χ0v) is 12.3. The zero-order chi connectivity index (χ0) is 13.2. The SMILES string of the molecule is CC1(C)CCC[C@]2(C)[C@@H](CCO)[C@]3(C)O[C@@H]3C[C@@H]12. The van der Waals surface area contributed by atoms with Gasteiger partial charge in [0.15, 0.2) is 0 Å². The Bertz CT molecular complexity index is 351. The lowest BCUT2D eigenvalue weighted by atomic mass is 9.46. The van der Waals surface area contributed by atoms with Crippen molar-refractivity contribution in [3.63, 3.8) is 0 Å². The maximum atomic E-state index is 9.45. The third-order valence-corrected chi connectivity index (χ3v) is 6.61. The Hall–Kier alpha value is -0.0800. The summed E-state index contributed by atoms with van der Waals surface area (Å²) >= 11 is 0. The molecule has 1 aliphatic heterocycles. The number of rotatable bonds is 2. The van der Waals surface area contributed by atoms with E-state index in [0.29, 0.717) is 29.5 Å².